The first-order valence-corrected chi connectivity index (χ1v) is 7.10. The van der Waals surface area contributed by atoms with Gasteiger partial charge in [-0.15, -0.1) is 0 Å². The van der Waals surface area contributed by atoms with E-state index < -0.39 is 11.6 Å². The highest BCUT2D eigenvalue weighted by Crippen LogP contribution is 2.32. The summed E-state index contributed by atoms with van der Waals surface area (Å²) in [6.45, 7) is -0.273. The number of halogens is 4. The lowest BCUT2D eigenvalue weighted by atomic mass is 10.2. The van der Waals surface area contributed by atoms with E-state index >= 15 is 0 Å². The second-order valence-corrected chi connectivity index (χ2v) is 5.56. The number of imidazole rings is 1. The highest BCUT2D eigenvalue weighted by Gasteiger charge is 2.17. The molecule has 0 aliphatic heterocycles. The zero-order valence-electron chi connectivity index (χ0n) is 10.4. The number of fused-ring (bicyclic) bond motifs is 1. The average molecular weight is 374 g/mol. The molecule has 2 heterocycles. The van der Waals surface area contributed by atoms with Crippen molar-refractivity contribution in [3.05, 3.63) is 57.3 Å². The normalized spacial score (nSPS) is 11.3. The van der Waals surface area contributed by atoms with Crippen molar-refractivity contribution in [1.29, 1.82) is 0 Å². The maximum absolute atomic E-state index is 13.4. The Labute approximate surface area is 131 Å². The summed E-state index contributed by atoms with van der Waals surface area (Å²) in [5.41, 5.74) is 1.34. The number of nitrogens with zero attached hydrogens (tertiary/aromatic N) is 2. The Hall–Kier alpha value is -1.50. The lowest BCUT2D eigenvalue weighted by Gasteiger charge is -2.06. The lowest BCUT2D eigenvalue weighted by molar-refractivity contribution is 0.283. The summed E-state index contributed by atoms with van der Waals surface area (Å²) >= 11 is 9.33. The van der Waals surface area contributed by atoms with Gasteiger partial charge in [-0.2, -0.15) is 0 Å². The molecule has 2 aromatic heterocycles. The van der Waals surface area contributed by atoms with Crippen LogP contribution in [0, 0.1) is 11.6 Å². The molecule has 3 aromatic rings. The number of benzene rings is 1. The summed E-state index contributed by atoms with van der Waals surface area (Å²) < 4.78 is 28.8. The fraction of sp³-hybridized carbons (Fsp3) is 0.0714. The topological polar surface area (TPSA) is 37.5 Å². The van der Waals surface area contributed by atoms with Gasteiger partial charge in [0.25, 0.3) is 0 Å². The molecule has 7 heteroatoms. The van der Waals surface area contributed by atoms with Crippen molar-refractivity contribution in [2.75, 3.05) is 0 Å². The van der Waals surface area contributed by atoms with E-state index in [2.05, 4.69) is 20.9 Å². The summed E-state index contributed by atoms with van der Waals surface area (Å²) in [7, 11) is 0. The van der Waals surface area contributed by atoms with Crippen LogP contribution in [0.5, 0.6) is 0 Å². The average Bonchev–Trinajstić information content (AvgIpc) is 2.75. The monoisotopic (exact) mass is 372 g/mol. The largest absolute Gasteiger partial charge is 0.392 e. The van der Waals surface area contributed by atoms with Gasteiger partial charge in [-0.05, 0) is 34.1 Å². The fourth-order valence-corrected chi connectivity index (χ4v) is 3.01. The molecule has 3 rings (SSSR count). The van der Waals surface area contributed by atoms with E-state index in [9.17, 15) is 13.9 Å². The van der Waals surface area contributed by atoms with Crippen molar-refractivity contribution in [2.45, 2.75) is 6.61 Å². The van der Waals surface area contributed by atoms with Gasteiger partial charge in [0.05, 0.1) is 12.1 Å². The van der Waals surface area contributed by atoms with E-state index in [0.717, 1.165) is 6.07 Å². The van der Waals surface area contributed by atoms with E-state index in [1.807, 2.05) is 0 Å². The number of rotatable bonds is 2. The predicted octanol–water partition coefficient (Wildman–Crippen LogP) is 4.19. The number of pyridine rings is 1. The van der Waals surface area contributed by atoms with E-state index in [-0.39, 0.29) is 6.61 Å². The minimum Gasteiger partial charge on any atom is -0.392 e. The molecule has 1 N–H and O–H groups in total. The minimum atomic E-state index is -0.686. The first-order valence-electron chi connectivity index (χ1n) is 5.93. The quantitative estimate of drug-likeness (QED) is 0.731. The van der Waals surface area contributed by atoms with Crippen LogP contribution in [0.15, 0.2) is 35.1 Å². The van der Waals surface area contributed by atoms with Gasteiger partial charge in [-0.25, -0.2) is 13.8 Å². The Morgan fingerprint density at radius 2 is 1.90 bits per heavy atom. The fourth-order valence-electron chi connectivity index (χ4n) is 2.21. The van der Waals surface area contributed by atoms with Gasteiger partial charge in [0, 0.05) is 28.4 Å². The van der Waals surface area contributed by atoms with E-state index in [1.165, 1.54) is 12.1 Å². The van der Waals surface area contributed by atoms with Crippen molar-refractivity contribution in [3.63, 3.8) is 0 Å². The summed E-state index contributed by atoms with van der Waals surface area (Å²) in [4.78, 5) is 4.27. The highest BCUT2D eigenvalue weighted by molar-refractivity contribution is 9.10. The van der Waals surface area contributed by atoms with Crippen molar-refractivity contribution in [3.8, 4) is 11.4 Å². The molecule has 0 bridgehead atoms. The molecule has 3 nitrogen and oxygen atoms in total. The maximum atomic E-state index is 13.4. The molecule has 1 aromatic carbocycles. The van der Waals surface area contributed by atoms with Crippen LogP contribution in [0.1, 0.15) is 5.56 Å². The minimum absolute atomic E-state index is 0.273. The molecule has 0 amide bonds. The van der Waals surface area contributed by atoms with Gasteiger partial charge in [0.2, 0.25) is 0 Å². The number of hydrogen-bond donors (Lipinski definition) is 1. The number of aliphatic hydroxyl groups is 1. The smallest absolute Gasteiger partial charge is 0.146 e. The van der Waals surface area contributed by atoms with E-state index in [1.54, 1.807) is 16.7 Å². The lowest BCUT2D eigenvalue weighted by Crippen LogP contribution is -1.95. The molecule has 0 saturated carbocycles. The summed E-state index contributed by atoms with van der Waals surface area (Å²) in [5, 5.41) is 9.83. The predicted molar refractivity (Wildman–Crippen MR) is 79.2 cm³/mol. The number of aliphatic hydroxyl groups excluding tert-OH is 1. The van der Waals surface area contributed by atoms with Crippen LogP contribution in [-0.2, 0) is 6.61 Å². The molecule has 108 valence electrons. The van der Waals surface area contributed by atoms with Crippen molar-refractivity contribution in [2.24, 2.45) is 0 Å². The van der Waals surface area contributed by atoms with Crippen LogP contribution in [0.4, 0.5) is 8.78 Å². The SMILES string of the molecule is OCc1c(Cl)ccn2c(-c3cc(F)cc(F)c3)nc(Br)c12. The Kier molecular flexibility index (Phi) is 3.69. The van der Waals surface area contributed by atoms with E-state index in [4.69, 9.17) is 11.6 Å². The molecule has 21 heavy (non-hydrogen) atoms. The van der Waals surface area contributed by atoms with Gasteiger partial charge in [-0.1, -0.05) is 11.6 Å². The highest BCUT2D eigenvalue weighted by atomic mass is 79.9. The first kappa shape index (κ1) is 14.4. The second kappa shape index (κ2) is 5.36. The Morgan fingerprint density at radius 3 is 2.52 bits per heavy atom. The summed E-state index contributed by atoms with van der Waals surface area (Å²) in [6.07, 6.45) is 1.63. The van der Waals surface area contributed by atoms with Gasteiger partial charge in [-0.3, -0.25) is 4.40 Å². The van der Waals surface area contributed by atoms with Crippen LogP contribution in [0.3, 0.4) is 0 Å². The van der Waals surface area contributed by atoms with Crippen molar-refractivity contribution < 1.29 is 13.9 Å². The third-order valence-corrected chi connectivity index (χ3v) is 4.00. The van der Waals surface area contributed by atoms with Crippen LogP contribution in [0.25, 0.3) is 16.9 Å². The number of aromatic nitrogens is 2. The molecule has 0 aliphatic rings. The zero-order valence-corrected chi connectivity index (χ0v) is 12.8. The van der Waals surface area contributed by atoms with Gasteiger partial charge in [0.1, 0.15) is 22.1 Å². The molecular weight excluding hydrogens is 366 g/mol. The molecular formula is C14H8BrClF2N2O. The summed E-state index contributed by atoms with van der Waals surface area (Å²) in [5.74, 6) is -1.02. The van der Waals surface area contributed by atoms with Crippen molar-refractivity contribution in [1.82, 2.24) is 9.38 Å². The molecule has 0 fully saturated rings. The van der Waals surface area contributed by atoms with Crippen LogP contribution >= 0.6 is 27.5 Å². The molecule has 0 saturated heterocycles. The van der Waals surface area contributed by atoms with Crippen LogP contribution in [0.2, 0.25) is 5.02 Å². The molecule has 0 unspecified atom stereocenters. The molecule has 0 radical (unpaired) electrons. The Balaban J connectivity index is 2.34. The third-order valence-electron chi connectivity index (χ3n) is 3.09. The summed E-state index contributed by atoms with van der Waals surface area (Å²) in [6, 6.07) is 4.77. The molecule has 0 spiro atoms. The van der Waals surface area contributed by atoms with E-state index in [0.29, 0.717) is 32.1 Å². The standard InChI is InChI=1S/C14H8BrClF2N2O/c15-13-12-10(6-21)11(16)1-2-20(12)14(19-13)7-3-8(17)5-9(18)4-7/h1-5,21H,6H2. The Bertz CT molecular complexity index is 830. The van der Waals surface area contributed by atoms with Gasteiger partial charge < -0.3 is 5.11 Å². The second-order valence-electron chi connectivity index (χ2n) is 4.40. The third kappa shape index (κ3) is 2.43. The van der Waals surface area contributed by atoms with Gasteiger partial charge >= 0.3 is 0 Å². The zero-order chi connectivity index (χ0) is 15.1. The Morgan fingerprint density at radius 1 is 1.24 bits per heavy atom. The molecule has 0 aliphatic carbocycles. The van der Waals surface area contributed by atoms with Crippen LogP contribution in [-0.4, -0.2) is 14.5 Å². The van der Waals surface area contributed by atoms with Crippen molar-refractivity contribution >= 4 is 33.0 Å². The first-order chi connectivity index (χ1) is 10.0. The molecule has 0 atom stereocenters. The number of hydrogen-bond acceptors (Lipinski definition) is 2. The van der Waals surface area contributed by atoms with Crippen LogP contribution < -0.4 is 0 Å². The maximum Gasteiger partial charge on any atom is 0.146 e. The van der Waals surface area contributed by atoms with Gasteiger partial charge in [0.15, 0.2) is 0 Å².